The Bertz CT molecular complexity index is 884. The van der Waals surface area contributed by atoms with Gasteiger partial charge in [-0.2, -0.15) is 0 Å². The van der Waals surface area contributed by atoms with Crippen molar-refractivity contribution < 1.29 is 13.9 Å². The van der Waals surface area contributed by atoms with Crippen molar-refractivity contribution >= 4 is 11.6 Å². The minimum atomic E-state index is -0.111. The molecule has 0 aliphatic carbocycles. The molecule has 1 amide bonds. The van der Waals surface area contributed by atoms with Crippen molar-refractivity contribution in [2.24, 2.45) is 0 Å². The van der Waals surface area contributed by atoms with Gasteiger partial charge in [0.2, 0.25) is 18.2 Å². The fourth-order valence-corrected chi connectivity index (χ4v) is 2.68. The summed E-state index contributed by atoms with van der Waals surface area (Å²) in [5.41, 5.74) is 4.71. The average Bonchev–Trinajstić information content (AvgIpc) is 3.10. The second-order valence-corrected chi connectivity index (χ2v) is 6.24. The van der Waals surface area contributed by atoms with E-state index in [4.69, 9.17) is 9.15 Å². The van der Waals surface area contributed by atoms with Crippen LogP contribution in [0.25, 0.3) is 11.5 Å². The lowest BCUT2D eigenvalue weighted by atomic mass is 10.1. The molecule has 0 fully saturated rings. The number of hydrogen-bond acceptors (Lipinski definition) is 5. The van der Waals surface area contributed by atoms with E-state index < -0.39 is 0 Å². The van der Waals surface area contributed by atoms with Gasteiger partial charge in [0.25, 0.3) is 0 Å². The standard InChI is InChI=1S/C20H21N3O3/c1-13-8-14(2)10-17(9-13)25-7-6-19(24)22-18-11-16(5-4-15(18)3)20-23-21-12-26-20/h4-5,8-12H,6-7H2,1-3H3,(H,22,24). The monoisotopic (exact) mass is 351 g/mol. The van der Waals surface area contributed by atoms with E-state index in [1.165, 1.54) is 6.39 Å². The largest absolute Gasteiger partial charge is 0.493 e. The van der Waals surface area contributed by atoms with Crippen molar-refractivity contribution in [2.45, 2.75) is 27.2 Å². The first-order valence-electron chi connectivity index (χ1n) is 8.39. The molecule has 1 N–H and O–H groups in total. The molecular weight excluding hydrogens is 330 g/mol. The van der Waals surface area contributed by atoms with Crippen LogP contribution >= 0.6 is 0 Å². The normalized spacial score (nSPS) is 10.6. The number of benzene rings is 2. The highest BCUT2D eigenvalue weighted by molar-refractivity contribution is 5.92. The van der Waals surface area contributed by atoms with Crippen LogP contribution in [0.5, 0.6) is 5.75 Å². The Labute approximate surface area is 152 Å². The summed E-state index contributed by atoms with van der Waals surface area (Å²) in [7, 11) is 0. The van der Waals surface area contributed by atoms with Crippen LogP contribution in [0, 0.1) is 20.8 Å². The van der Waals surface area contributed by atoms with E-state index in [9.17, 15) is 4.79 Å². The summed E-state index contributed by atoms with van der Waals surface area (Å²) in [5.74, 6) is 1.09. The van der Waals surface area contributed by atoms with E-state index in [1.54, 1.807) is 0 Å². The number of carbonyl (C=O) groups is 1. The topological polar surface area (TPSA) is 77.2 Å². The molecule has 0 aliphatic heterocycles. The lowest BCUT2D eigenvalue weighted by molar-refractivity contribution is -0.116. The predicted octanol–water partition coefficient (Wildman–Crippen LogP) is 4.07. The molecule has 0 unspecified atom stereocenters. The summed E-state index contributed by atoms with van der Waals surface area (Å²) >= 11 is 0. The quantitative estimate of drug-likeness (QED) is 0.724. The maximum Gasteiger partial charge on any atom is 0.247 e. The Balaban J connectivity index is 1.58. The Kier molecular flexibility index (Phi) is 5.31. The van der Waals surface area contributed by atoms with Crippen LogP contribution in [-0.2, 0) is 4.79 Å². The second-order valence-electron chi connectivity index (χ2n) is 6.24. The van der Waals surface area contributed by atoms with E-state index in [1.807, 2.05) is 51.1 Å². The molecule has 0 saturated carbocycles. The summed E-state index contributed by atoms with van der Waals surface area (Å²) in [4.78, 5) is 12.2. The van der Waals surface area contributed by atoms with Crippen LogP contribution < -0.4 is 10.1 Å². The summed E-state index contributed by atoms with van der Waals surface area (Å²) in [6, 6.07) is 11.6. The number of anilines is 1. The molecule has 6 heteroatoms. The fraction of sp³-hybridized carbons (Fsp3) is 0.250. The van der Waals surface area contributed by atoms with E-state index in [-0.39, 0.29) is 12.3 Å². The molecule has 0 atom stereocenters. The molecule has 1 aromatic heterocycles. The minimum absolute atomic E-state index is 0.111. The van der Waals surface area contributed by atoms with Crippen molar-refractivity contribution in [1.82, 2.24) is 10.2 Å². The van der Waals surface area contributed by atoms with Gasteiger partial charge in [-0.05, 0) is 61.7 Å². The van der Waals surface area contributed by atoms with Gasteiger partial charge in [0.15, 0.2) is 0 Å². The van der Waals surface area contributed by atoms with Gasteiger partial charge in [-0.25, -0.2) is 0 Å². The molecule has 1 heterocycles. The number of carbonyl (C=O) groups excluding carboxylic acids is 1. The second kappa shape index (κ2) is 7.82. The molecular formula is C20H21N3O3. The van der Waals surface area contributed by atoms with E-state index in [0.717, 1.165) is 33.7 Å². The summed E-state index contributed by atoms with van der Waals surface area (Å²) in [6.45, 7) is 6.29. The van der Waals surface area contributed by atoms with Crippen LogP contribution in [-0.4, -0.2) is 22.7 Å². The van der Waals surface area contributed by atoms with Crippen molar-refractivity contribution in [2.75, 3.05) is 11.9 Å². The number of aryl methyl sites for hydroxylation is 3. The maximum atomic E-state index is 12.2. The summed E-state index contributed by atoms with van der Waals surface area (Å²) < 4.78 is 10.9. The first-order valence-corrected chi connectivity index (χ1v) is 8.39. The number of nitrogens with one attached hydrogen (secondary N) is 1. The third-order valence-corrected chi connectivity index (χ3v) is 3.91. The fourth-order valence-electron chi connectivity index (χ4n) is 2.68. The lowest BCUT2D eigenvalue weighted by Crippen LogP contribution is -2.16. The molecule has 0 aliphatic rings. The lowest BCUT2D eigenvalue weighted by Gasteiger charge is -2.11. The number of rotatable bonds is 6. The van der Waals surface area contributed by atoms with Crippen LogP contribution in [0.2, 0.25) is 0 Å². The Morgan fingerprint density at radius 2 is 1.88 bits per heavy atom. The van der Waals surface area contributed by atoms with E-state index in [0.29, 0.717) is 12.5 Å². The van der Waals surface area contributed by atoms with Gasteiger partial charge >= 0.3 is 0 Å². The smallest absolute Gasteiger partial charge is 0.247 e. The van der Waals surface area contributed by atoms with Crippen molar-refractivity contribution in [3.05, 3.63) is 59.5 Å². The highest BCUT2D eigenvalue weighted by Gasteiger charge is 2.10. The third-order valence-electron chi connectivity index (χ3n) is 3.91. The van der Waals surface area contributed by atoms with Gasteiger partial charge in [0, 0.05) is 11.3 Å². The van der Waals surface area contributed by atoms with Gasteiger partial charge in [-0.1, -0.05) is 12.1 Å². The number of aromatic nitrogens is 2. The molecule has 0 saturated heterocycles. The van der Waals surface area contributed by atoms with E-state index >= 15 is 0 Å². The molecule has 0 radical (unpaired) electrons. The van der Waals surface area contributed by atoms with Crippen LogP contribution in [0.3, 0.4) is 0 Å². The van der Waals surface area contributed by atoms with Gasteiger partial charge in [-0.15, -0.1) is 10.2 Å². The Morgan fingerprint density at radius 1 is 1.12 bits per heavy atom. The first-order chi connectivity index (χ1) is 12.5. The minimum Gasteiger partial charge on any atom is -0.493 e. The SMILES string of the molecule is Cc1cc(C)cc(OCCC(=O)Nc2cc(-c3nnco3)ccc2C)c1. The molecule has 134 valence electrons. The molecule has 26 heavy (non-hydrogen) atoms. The molecule has 3 rings (SSSR count). The van der Waals surface area contributed by atoms with E-state index in [2.05, 4.69) is 21.6 Å². The third kappa shape index (κ3) is 4.47. The van der Waals surface area contributed by atoms with Crippen molar-refractivity contribution in [3.8, 4) is 17.2 Å². The summed E-state index contributed by atoms with van der Waals surface area (Å²) in [5, 5.41) is 10.5. The number of amides is 1. The first kappa shape index (κ1) is 17.7. The zero-order valence-electron chi connectivity index (χ0n) is 15.1. The highest BCUT2D eigenvalue weighted by Crippen LogP contribution is 2.24. The zero-order valence-corrected chi connectivity index (χ0v) is 15.1. The van der Waals surface area contributed by atoms with Crippen LogP contribution in [0.15, 0.2) is 47.2 Å². The number of nitrogens with zero attached hydrogens (tertiary/aromatic N) is 2. The molecule has 6 nitrogen and oxygen atoms in total. The highest BCUT2D eigenvalue weighted by atomic mass is 16.5. The summed E-state index contributed by atoms with van der Waals surface area (Å²) in [6.07, 6.45) is 1.54. The maximum absolute atomic E-state index is 12.2. The van der Waals surface area contributed by atoms with Gasteiger partial charge in [-0.3, -0.25) is 4.79 Å². The van der Waals surface area contributed by atoms with Crippen LogP contribution in [0.4, 0.5) is 5.69 Å². The van der Waals surface area contributed by atoms with Crippen LogP contribution in [0.1, 0.15) is 23.1 Å². The van der Waals surface area contributed by atoms with Crippen molar-refractivity contribution in [3.63, 3.8) is 0 Å². The molecule has 0 bridgehead atoms. The predicted molar refractivity (Wildman–Crippen MR) is 99.1 cm³/mol. The average molecular weight is 351 g/mol. The number of ether oxygens (including phenoxy) is 1. The van der Waals surface area contributed by atoms with Gasteiger partial charge in [0.1, 0.15) is 5.75 Å². The van der Waals surface area contributed by atoms with Gasteiger partial charge < -0.3 is 14.5 Å². The zero-order chi connectivity index (χ0) is 18.5. The molecule has 2 aromatic carbocycles. The Morgan fingerprint density at radius 3 is 2.58 bits per heavy atom. The van der Waals surface area contributed by atoms with Gasteiger partial charge in [0.05, 0.1) is 13.0 Å². The molecule has 0 spiro atoms. The number of hydrogen-bond donors (Lipinski definition) is 1. The molecule has 3 aromatic rings. The Hall–Kier alpha value is -3.15. The van der Waals surface area contributed by atoms with Crippen molar-refractivity contribution in [1.29, 1.82) is 0 Å².